The Labute approximate surface area is 87.1 Å². The molecule has 0 bridgehead atoms. The standard InChI is InChI=1S/C11H11NO3/c13-9-6-7-12(11(9)15)10(14)8-4-2-1-3-5-8/h1-5,9,13H,6-7H2/t9-/m1/s1. The highest BCUT2D eigenvalue weighted by atomic mass is 16.3. The van der Waals surface area contributed by atoms with E-state index in [1.165, 1.54) is 0 Å². The summed E-state index contributed by atoms with van der Waals surface area (Å²) in [6.07, 6.45) is -0.685. The van der Waals surface area contributed by atoms with Crippen molar-refractivity contribution in [3.63, 3.8) is 0 Å². The number of carbonyl (C=O) groups is 2. The minimum Gasteiger partial charge on any atom is -0.383 e. The predicted molar refractivity (Wildman–Crippen MR) is 53.1 cm³/mol. The fourth-order valence-corrected chi connectivity index (χ4v) is 1.60. The Balaban J connectivity index is 2.20. The Bertz CT molecular complexity index is 388. The largest absolute Gasteiger partial charge is 0.383 e. The van der Waals surface area contributed by atoms with E-state index in [0.717, 1.165) is 4.90 Å². The minimum absolute atomic E-state index is 0.299. The van der Waals surface area contributed by atoms with Gasteiger partial charge in [-0.05, 0) is 12.1 Å². The number of carbonyl (C=O) groups excluding carboxylic acids is 2. The van der Waals surface area contributed by atoms with Gasteiger partial charge in [-0.2, -0.15) is 0 Å². The Morgan fingerprint density at radius 2 is 2.00 bits per heavy atom. The average molecular weight is 205 g/mol. The topological polar surface area (TPSA) is 57.6 Å². The van der Waals surface area contributed by atoms with E-state index in [0.29, 0.717) is 18.5 Å². The van der Waals surface area contributed by atoms with Crippen LogP contribution in [0.4, 0.5) is 0 Å². The monoisotopic (exact) mass is 205 g/mol. The molecule has 1 fully saturated rings. The molecule has 0 aromatic heterocycles. The maximum atomic E-state index is 11.8. The highest BCUT2D eigenvalue weighted by molar-refractivity contribution is 6.06. The molecule has 1 N–H and O–H groups in total. The van der Waals surface area contributed by atoms with Gasteiger partial charge < -0.3 is 5.11 Å². The fraction of sp³-hybridized carbons (Fsp3) is 0.273. The number of rotatable bonds is 1. The van der Waals surface area contributed by atoms with Crippen molar-refractivity contribution >= 4 is 11.8 Å². The van der Waals surface area contributed by atoms with Gasteiger partial charge in [0.05, 0.1) is 0 Å². The Hall–Kier alpha value is -1.68. The van der Waals surface area contributed by atoms with E-state index in [1.54, 1.807) is 30.3 Å². The molecule has 15 heavy (non-hydrogen) atoms. The summed E-state index contributed by atoms with van der Waals surface area (Å²) in [6.45, 7) is 0.299. The van der Waals surface area contributed by atoms with Gasteiger partial charge in [-0.1, -0.05) is 18.2 Å². The van der Waals surface area contributed by atoms with Crippen molar-refractivity contribution in [1.82, 2.24) is 4.90 Å². The third-order valence-electron chi connectivity index (χ3n) is 2.44. The van der Waals surface area contributed by atoms with Gasteiger partial charge in [-0.25, -0.2) is 0 Å². The third kappa shape index (κ3) is 1.76. The van der Waals surface area contributed by atoms with Crippen LogP contribution in [0.5, 0.6) is 0 Å². The maximum absolute atomic E-state index is 11.8. The van der Waals surface area contributed by atoms with Gasteiger partial charge in [-0.3, -0.25) is 14.5 Å². The second-order valence-corrected chi connectivity index (χ2v) is 3.47. The molecule has 0 radical (unpaired) electrons. The van der Waals surface area contributed by atoms with Gasteiger partial charge in [0.25, 0.3) is 11.8 Å². The molecule has 78 valence electrons. The summed E-state index contributed by atoms with van der Waals surface area (Å²) in [4.78, 5) is 24.3. The Morgan fingerprint density at radius 1 is 1.33 bits per heavy atom. The first-order valence-electron chi connectivity index (χ1n) is 4.79. The van der Waals surface area contributed by atoms with Crippen LogP contribution < -0.4 is 0 Å². The number of amides is 2. The normalized spacial score (nSPS) is 20.7. The zero-order valence-corrected chi connectivity index (χ0v) is 8.09. The summed E-state index contributed by atoms with van der Waals surface area (Å²) >= 11 is 0. The number of benzene rings is 1. The van der Waals surface area contributed by atoms with Crippen molar-refractivity contribution in [1.29, 1.82) is 0 Å². The molecule has 0 unspecified atom stereocenters. The van der Waals surface area contributed by atoms with Crippen LogP contribution in [0.2, 0.25) is 0 Å². The van der Waals surface area contributed by atoms with Gasteiger partial charge in [0, 0.05) is 18.5 Å². The van der Waals surface area contributed by atoms with Crippen LogP contribution in [0.1, 0.15) is 16.8 Å². The summed E-state index contributed by atoms with van der Waals surface area (Å²) in [6, 6.07) is 8.59. The van der Waals surface area contributed by atoms with E-state index in [4.69, 9.17) is 0 Å². The lowest BCUT2D eigenvalue weighted by Crippen LogP contribution is -2.35. The lowest BCUT2D eigenvalue weighted by Gasteiger charge is -2.13. The second-order valence-electron chi connectivity index (χ2n) is 3.47. The molecule has 1 aliphatic heterocycles. The summed E-state index contributed by atoms with van der Waals surface area (Å²) in [7, 11) is 0. The third-order valence-corrected chi connectivity index (χ3v) is 2.44. The van der Waals surface area contributed by atoms with Crippen molar-refractivity contribution in [2.75, 3.05) is 6.54 Å². The highest BCUT2D eigenvalue weighted by Crippen LogP contribution is 2.14. The molecule has 0 spiro atoms. The van der Waals surface area contributed by atoms with E-state index in [9.17, 15) is 14.7 Å². The number of hydrogen-bond acceptors (Lipinski definition) is 3. The molecular formula is C11H11NO3. The molecule has 1 atom stereocenters. The van der Waals surface area contributed by atoms with E-state index in [-0.39, 0.29) is 5.91 Å². The fourth-order valence-electron chi connectivity index (χ4n) is 1.60. The number of aliphatic hydroxyl groups is 1. The number of imide groups is 1. The van der Waals surface area contributed by atoms with Gasteiger partial charge in [-0.15, -0.1) is 0 Å². The molecule has 4 heteroatoms. The smallest absolute Gasteiger partial charge is 0.260 e. The molecule has 1 aromatic rings. The van der Waals surface area contributed by atoms with E-state index in [2.05, 4.69) is 0 Å². The van der Waals surface area contributed by atoms with Crippen molar-refractivity contribution < 1.29 is 14.7 Å². The van der Waals surface area contributed by atoms with Crippen molar-refractivity contribution in [2.24, 2.45) is 0 Å². The van der Waals surface area contributed by atoms with Crippen LogP contribution in [0.3, 0.4) is 0 Å². The predicted octanol–water partition coefficient (Wildman–Crippen LogP) is 0.420. The van der Waals surface area contributed by atoms with Gasteiger partial charge >= 0.3 is 0 Å². The van der Waals surface area contributed by atoms with Crippen LogP contribution in [0, 0.1) is 0 Å². The number of likely N-dealkylation sites (tertiary alicyclic amines) is 1. The zero-order valence-electron chi connectivity index (χ0n) is 8.09. The first-order chi connectivity index (χ1) is 7.20. The maximum Gasteiger partial charge on any atom is 0.260 e. The molecule has 0 saturated carbocycles. The van der Waals surface area contributed by atoms with Crippen LogP contribution in [0.25, 0.3) is 0 Å². The summed E-state index contributed by atoms with van der Waals surface area (Å²) in [5.41, 5.74) is 0.472. The van der Waals surface area contributed by atoms with Gasteiger partial charge in [0.15, 0.2) is 0 Å². The summed E-state index contributed by atoms with van der Waals surface area (Å²) in [5, 5.41) is 9.22. The van der Waals surface area contributed by atoms with Gasteiger partial charge in [0.1, 0.15) is 6.10 Å². The van der Waals surface area contributed by atoms with Crippen molar-refractivity contribution in [3.05, 3.63) is 35.9 Å². The molecule has 1 aromatic carbocycles. The molecule has 1 saturated heterocycles. The second kappa shape index (κ2) is 3.82. The quantitative estimate of drug-likeness (QED) is 0.676. The van der Waals surface area contributed by atoms with Gasteiger partial charge in [0.2, 0.25) is 0 Å². The highest BCUT2D eigenvalue weighted by Gasteiger charge is 2.34. The first-order valence-corrected chi connectivity index (χ1v) is 4.79. The molecule has 2 rings (SSSR count). The Morgan fingerprint density at radius 3 is 2.53 bits per heavy atom. The van der Waals surface area contributed by atoms with Crippen LogP contribution in [-0.2, 0) is 4.79 Å². The lowest BCUT2D eigenvalue weighted by molar-refractivity contribution is -0.132. The van der Waals surface area contributed by atoms with Crippen LogP contribution >= 0.6 is 0 Å². The number of aliphatic hydroxyl groups excluding tert-OH is 1. The van der Waals surface area contributed by atoms with Crippen molar-refractivity contribution in [3.8, 4) is 0 Å². The molecular weight excluding hydrogens is 194 g/mol. The number of hydrogen-bond donors (Lipinski definition) is 1. The van der Waals surface area contributed by atoms with E-state index in [1.807, 2.05) is 0 Å². The van der Waals surface area contributed by atoms with E-state index >= 15 is 0 Å². The van der Waals surface area contributed by atoms with Crippen LogP contribution in [-0.4, -0.2) is 34.5 Å². The summed E-state index contributed by atoms with van der Waals surface area (Å²) < 4.78 is 0. The minimum atomic E-state index is -1.02. The van der Waals surface area contributed by atoms with Crippen molar-refractivity contribution in [2.45, 2.75) is 12.5 Å². The molecule has 4 nitrogen and oxygen atoms in total. The zero-order chi connectivity index (χ0) is 10.8. The van der Waals surface area contributed by atoms with E-state index < -0.39 is 12.0 Å². The lowest BCUT2D eigenvalue weighted by atomic mass is 10.2. The molecule has 1 heterocycles. The molecule has 2 amide bonds. The number of nitrogens with zero attached hydrogens (tertiary/aromatic N) is 1. The molecule has 1 aliphatic rings. The molecule has 0 aliphatic carbocycles. The summed E-state index contributed by atoms with van der Waals surface area (Å²) in [5.74, 6) is -0.832. The average Bonchev–Trinajstić information content (AvgIpc) is 2.60. The first kappa shape index (κ1) is 9.86. The Kier molecular flexibility index (Phi) is 2.51. The SMILES string of the molecule is O=C(c1ccccc1)N1CC[C@@H](O)C1=O. The van der Waals surface area contributed by atoms with Crippen LogP contribution in [0.15, 0.2) is 30.3 Å².